The number of halogens is 2. The minimum atomic E-state index is -2.74. The number of hydrogen-bond acceptors (Lipinski definition) is 3. The van der Waals surface area contributed by atoms with Crippen molar-refractivity contribution in [1.29, 1.82) is 0 Å². The zero-order chi connectivity index (χ0) is 25.2. The summed E-state index contributed by atoms with van der Waals surface area (Å²) in [5, 5.41) is 2.42. The van der Waals surface area contributed by atoms with Crippen LogP contribution in [0, 0.1) is 5.82 Å². The quantitative estimate of drug-likeness (QED) is 0.369. The van der Waals surface area contributed by atoms with E-state index in [2.05, 4.69) is 74.2 Å². The van der Waals surface area contributed by atoms with Crippen molar-refractivity contribution in [2.45, 2.75) is 58.5 Å². The summed E-state index contributed by atoms with van der Waals surface area (Å²) in [5.41, 5.74) is 1.61. The first-order chi connectivity index (χ1) is 16.6. The Balaban J connectivity index is 1.80. The van der Waals surface area contributed by atoms with Gasteiger partial charge in [0.2, 0.25) is 0 Å². The van der Waals surface area contributed by atoms with Gasteiger partial charge in [-0.15, -0.1) is 0 Å². The topological polar surface area (TPSA) is 21.7 Å². The molecule has 0 bridgehead atoms. The van der Waals surface area contributed by atoms with Crippen LogP contribution >= 0.6 is 11.6 Å². The Morgan fingerprint density at radius 3 is 1.91 bits per heavy atom. The Bertz CT molecular complexity index is 1090. The molecule has 0 spiro atoms. The molecule has 0 saturated carbocycles. The molecule has 0 radical (unpaired) electrons. The Morgan fingerprint density at radius 1 is 0.914 bits per heavy atom. The average molecular weight is 512 g/mol. The molecule has 35 heavy (non-hydrogen) atoms. The molecular weight excluding hydrogens is 477 g/mol. The van der Waals surface area contributed by atoms with Crippen LogP contribution < -0.4 is 15.3 Å². The number of anilines is 1. The molecule has 2 atom stereocenters. The van der Waals surface area contributed by atoms with Crippen LogP contribution in [0.2, 0.25) is 10.1 Å². The van der Waals surface area contributed by atoms with E-state index >= 15 is 0 Å². The Labute approximate surface area is 215 Å². The molecule has 1 aliphatic heterocycles. The van der Waals surface area contributed by atoms with Gasteiger partial charge in [-0.25, -0.2) is 4.39 Å². The van der Waals surface area contributed by atoms with Gasteiger partial charge in [0.25, 0.3) is 8.32 Å². The molecule has 3 aromatic carbocycles. The number of rotatable bonds is 6. The monoisotopic (exact) mass is 511 g/mol. The van der Waals surface area contributed by atoms with Crippen LogP contribution in [0.3, 0.4) is 0 Å². The lowest BCUT2D eigenvalue weighted by Crippen LogP contribution is -2.66. The van der Waals surface area contributed by atoms with E-state index in [0.717, 1.165) is 5.56 Å². The molecule has 0 unspecified atom stereocenters. The Kier molecular flexibility index (Phi) is 7.72. The second-order valence-electron chi connectivity index (χ2n) is 10.5. The third-order valence-corrected chi connectivity index (χ3v) is 12.1. The summed E-state index contributed by atoms with van der Waals surface area (Å²) in [7, 11) is -2.74. The van der Waals surface area contributed by atoms with Crippen LogP contribution in [0.15, 0.2) is 72.8 Å². The summed E-state index contributed by atoms with van der Waals surface area (Å²) >= 11 is 6.60. The van der Waals surface area contributed by atoms with Crippen LogP contribution in [0.1, 0.15) is 40.2 Å². The molecule has 186 valence electrons. The van der Waals surface area contributed by atoms with Crippen molar-refractivity contribution in [2.75, 3.05) is 18.0 Å². The summed E-state index contributed by atoms with van der Waals surface area (Å²) in [6.45, 7) is 12.5. The van der Waals surface area contributed by atoms with E-state index in [1.807, 2.05) is 32.0 Å². The van der Waals surface area contributed by atoms with Crippen LogP contribution in [0.5, 0.6) is 0 Å². The second-order valence-corrected chi connectivity index (χ2v) is 15.2. The molecule has 1 fully saturated rings. The molecule has 1 saturated heterocycles. The van der Waals surface area contributed by atoms with Gasteiger partial charge in [0.1, 0.15) is 5.82 Å². The predicted molar refractivity (Wildman–Crippen MR) is 146 cm³/mol. The molecule has 1 heterocycles. The van der Waals surface area contributed by atoms with Gasteiger partial charge in [0.15, 0.2) is 0 Å². The minimum Gasteiger partial charge on any atom is -0.403 e. The van der Waals surface area contributed by atoms with E-state index in [1.54, 1.807) is 0 Å². The van der Waals surface area contributed by atoms with Crippen LogP contribution in [0.4, 0.5) is 10.1 Å². The van der Waals surface area contributed by atoms with E-state index < -0.39 is 14.1 Å². The van der Waals surface area contributed by atoms with Gasteiger partial charge < -0.3 is 14.1 Å². The molecule has 6 heteroatoms. The van der Waals surface area contributed by atoms with Crippen molar-refractivity contribution in [3.63, 3.8) is 0 Å². The number of hydrogen-bond donors (Lipinski definition) is 0. The van der Waals surface area contributed by atoms with E-state index in [9.17, 15) is 4.39 Å². The molecule has 0 aliphatic carbocycles. The third kappa shape index (κ3) is 5.19. The maximum absolute atomic E-state index is 14.7. The first-order valence-corrected chi connectivity index (χ1v) is 14.5. The Hall–Kier alpha value is -2.18. The van der Waals surface area contributed by atoms with Crippen molar-refractivity contribution in [2.24, 2.45) is 0 Å². The molecule has 0 aromatic heterocycles. The molecule has 3 nitrogen and oxygen atoms in total. The highest BCUT2D eigenvalue weighted by Gasteiger charge is 2.50. The lowest BCUT2D eigenvalue weighted by Gasteiger charge is -2.43. The van der Waals surface area contributed by atoms with Crippen molar-refractivity contribution in [1.82, 2.24) is 0 Å². The maximum atomic E-state index is 14.7. The average Bonchev–Trinajstić information content (AvgIpc) is 2.81. The van der Waals surface area contributed by atoms with Crippen molar-refractivity contribution in [3.8, 4) is 0 Å². The SMILES string of the molecule is C[C@@H]1CN(c2c(CO[Si](c3ccccc3)(c3ccccc3)C(C)(C)C)ccc(F)c2Cl)C[C@H](C)O1. The highest BCUT2D eigenvalue weighted by Crippen LogP contribution is 2.39. The number of benzene rings is 3. The summed E-state index contributed by atoms with van der Waals surface area (Å²) < 4.78 is 27.7. The fourth-order valence-electron chi connectivity index (χ4n) is 5.35. The predicted octanol–water partition coefficient (Wildman–Crippen LogP) is 6.17. The van der Waals surface area contributed by atoms with Crippen LogP contribution in [-0.4, -0.2) is 33.6 Å². The van der Waals surface area contributed by atoms with Gasteiger partial charge in [-0.05, 0) is 35.3 Å². The molecule has 3 aromatic rings. The van der Waals surface area contributed by atoms with Gasteiger partial charge in [0, 0.05) is 18.7 Å². The van der Waals surface area contributed by atoms with Crippen molar-refractivity contribution in [3.05, 3.63) is 89.2 Å². The van der Waals surface area contributed by atoms with Gasteiger partial charge in [-0.2, -0.15) is 0 Å². The van der Waals surface area contributed by atoms with E-state index in [4.69, 9.17) is 20.8 Å². The van der Waals surface area contributed by atoms with E-state index in [1.165, 1.54) is 16.4 Å². The lowest BCUT2D eigenvalue weighted by atomic mass is 10.1. The van der Waals surface area contributed by atoms with Gasteiger partial charge in [-0.1, -0.05) is 99.1 Å². The summed E-state index contributed by atoms with van der Waals surface area (Å²) in [5.74, 6) is -0.414. The summed E-state index contributed by atoms with van der Waals surface area (Å²) in [6.07, 6.45) is 0.0621. The smallest absolute Gasteiger partial charge is 0.261 e. The summed E-state index contributed by atoms with van der Waals surface area (Å²) in [4.78, 5) is 2.15. The zero-order valence-corrected chi connectivity index (χ0v) is 23.0. The first kappa shape index (κ1) is 25.9. The zero-order valence-electron chi connectivity index (χ0n) is 21.2. The van der Waals surface area contributed by atoms with Gasteiger partial charge in [0.05, 0.1) is 29.5 Å². The molecule has 4 rings (SSSR count). The van der Waals surface area contributed by atoms with Crippen LogP contribution in [-0.2, 0) is 15.8 Å². The Morgan fingerprint density at radius 2 is 1.43 bits per heavy atom. The fourth-order valence-corrected chi connectivity index (χ4v) is 10.2. The number of ether oxygens (including phenoxy) is 1. The standard InChI is InChI=1S/C29H35ClFNO2Si/c1-21-18-32(19-22(2)34-21)28-23(16-17-26(31)27(28)30)20-33-35(29(3,4)5,24-12-8-6-9-13-24)25-14-10-7-11-15-25/h6-17,21-22H,18-20H2,1-5H3/t21-,22+. The van der Waals surface area contributed by atoms with E-state index in [0.29, 0.717) is 25.4 Å². The normalized spacial score (nSPS) is 19.1. The van der Waals surface area contributed by atoms with Crippen molar-refractivity contribution < 1.29 is 13.6 Å². The molecule has 1 aliphatic rings. The highest BCUT2D eigenvalue weighted by molar-refractivity contribution is 6.99. The van der Waals surface area contributed by atoms with Crippen molar-refractivity contribution >= 4 is 36.0 Å². The minimum absolute atomic E-state index is 0.0310. The first-order valence-electron chi connectivity index (χ1n) is 12.3. The second kappa shape index (κ2) is 10.4. The van der Waals surface area contributed by atoms with Gasteiger partial charge >= 0.3 is 0 Å². The molecule has 0 N–H and O–H groups in total. The third-order valence-electron chi connectivity index (χ3n) is 6.75. The summed E-state index contributed by atoms with van der Waals surface area (Å²) in [6, 6.07) is 24.3. The number of nitrogens with zero attached hydrogens (tertiary/aromatic N) is 1. The highest BCUT2D eigenvalue weighted by atomic mass is 35.5. The lowest BCUT2D eigenvalue weighted by molar-refractivity contribution is -0.00532. The van der Waals surface area contributed by atoms with Gasteiger partial charge in [-0.3, -0.25) is 0 Å². The largest absolute Gasteiger partial charge is 0.403 e. The molecule has 0 amide bonds. The maximum Gasteiger partial charge on any atom is 0.261 e. The molecular formula is C29H35ClFNO2Si. The number of morpholine rings is 1. The van der Waals surface area contributed by atoms with E-state index in [-0.39, 0.29) is 22.3 Å². The fraction of sp³-hybridized carbons (Fsp3) is 0.379. The van der Waals surface area contributed by atoms with Crippen LogP contribution in [0.25, 0.3) is 0 Å².